The summed E-state index contributed by atoms with van der Waals surface area (Å²) in [5, 5.41) is 3.13. The Bertz CT molecular complexity index is 1060. The van der Waals surface area contributed by atoms with Gasteiger partial charge in [-0.1, -0.05) is 30.3 Å². The Hall–Kier alpha value is -2.25. The molecule has 0 spiro atoms. The molecule has 1 aliphatic heterocycles. The number of benzene rings is 2. The summed E-state index contributed by atoms with van der Waals surface area (Å²) in [5.74, 6) is -0.736. The Morgan fingerprint density at radius 2 is 1.72 bits per heavy atom. The van der Waals surface area contributed by atoms with Crippen LogP contribution in [0.1, 0.15) is 60.9 Å². The van der Waals surface area contributed by atoms with Gasteiger partial charge in [-0.25, -0.2) is 17.1 Å². The van der Waals surface area contributed by atoms with Crippen LogP contribution in [0.3, 0.4) is 0 Å². The predicted octanol–water partition coefficient (Wildman–Crippen LogP) is 4.12. The van der Waals surface area contributed by atoms with Gasteiger partial charge in [-0.3, -0.25) is 4.79 Å². The average Bonchev–Trinajstić information content (AvgIpc) is 2.80. The summed E-state index contributed by atoms with van der Waals surface area (Å²) in [6, 6.07) is 12.0. The van der Waals surface area contributed by atoms with E-state index in [0.717, 1.165) is 18.4 Å². The van der Waals surface area contributed by atoms with Crippen LogP contribution in [-0.2, 0) is 33.4 Å². The van der Waals surface area contributed by atoms with E-state index in [2.05, 4.69) is 23.5 Å². The highest BCUT2D eigenvalue weighted by Crippen LogP contribution is 2.26. The number of amides is 1. The van der Waals surface area contributed by atoms with E-state index < -0.39 is 10.0 Å². The SMILES string of the molecule is CC(NC(=O)C1CCN(S(=O)(=O)Cc2ccc(F)cc2)CC1)c1ccc2c(c1)CCCC2. The van der Waals surface area contributed by atoms with Crippen LogP contribution in [0.5, 0.6) is 0 Å². The van der Waals surface area contributed by atoms with Crippen molar-refractivity contribution in [1.82, 2.24) is 9.62 Å². The minimum Gasteiger partial charge on any atom is -0.349 e. The van der Waals surface area contributed by atoms with Gasteiger partial charge in [-0.15, -0.1) is 0 Å². The Labute approximate surface area is 190 Å². The predicted molar refractivity (Wildman–Crippen MR) is 123 cm³/mol. The number of halogens is 1. The molecule has 1 amide bonds. The first-order chi connectivity index (χ1) is 15.3. The van der Waals surface area contributed by atoms with E-state index in [1.165, 1.54) is 52.5 Å². The van der Waals surface area contributed by atoms with Crippen molar-refractivity contribution in [2.24, 2.45) is 5.92 Å². The lowest BCUT2D eigenvalue weighted by Gasteiger charge is -2.31. The number of fused-ring (bicyclic) bond motifs is 1. The topological polar surface area (TPSA) is 66.5 Å². The van der Waals surface area contributed by atoms with Crippen molar-refractivity contribution in [3.05, 3.63) is 70.5 Å². The maximum absolute atomic E-state index is 13.1. The van der Waals surface area contributed by atoms with Crippen molar-refractivity contribution >= 4 is 15.9 Å². The fourth-order valence-corrected chi connectivity index (χ4v) is 6.28. The van der Waals surface area contributed by atoms with Gasteiger partial charge >= 0.3 is 0 Å². The molecule has 5 nitrogen and oxygen atoms in total. The van der Waals surface area contributed by atoms with Gasteiger partial charge in [-0.05, 0) is 79.8 Å². The van der Waals surface area contributed by atoms with Gasteiger partial charge in [-0.2, -0.15) is 0 Å². The Morgan fingerprint density at radius 3 is 2.41 bits per heavy atom. The van der Waals surface area contributed by atoms with E-state index >= 15 is 0 Å². The summed E-state index contributed by atoms with van der Waals surface area (Å²) in [7, 11) is -3.49. The van der Waals surface area contributed by atoms with Crippen LogP contribution >= 0.6 is 0 Å². The second kappa shape index (κ2) is 9.71. The normalized spacial score (nSPS) is 18.7. The number of sulfonamides is 1. The smallest absolute Gasteiger partial charge is 0.223 e. The molecule has 1 N–H and O–H groups in total. The number of hydrogen-bond acceptors (Lipinski definition) is 3. The second-order valence-electron chi connectivity index (χ2n) is 9.02. The third-order valence-electron chi connectivity index (χ3n) is 6.71. The van der Waals surface area contributed by atoms with Crippen molar-refractivity contribution in [3.63, 3.8) is 0 Å². The van der Waals surface area contributed by atoms with Gasteiger partial charge < -0.3 is 5.32 Å². The van der Waals surface area contributed by atoms with Crippen molar-refractivity contribution in [1.29, 1.82) is 0 Å². The summed E-state index contributed by atoms with van der Waals surface area (Å²) in [5.41, 5.74) is 4.51. The molecule has 0 radical (unpaired) electrons. The maximum Gasteiger partial charge on any atom is 0.223 e. The van der Waals surface area contributed by atoms with Crippen LogP contribution < -0.4 is 5.32 Å². The monoisotopic (exact) mass is 458 g/mol. The number of hydrogen-bond donors (Lipinski definition) is 1. The third kappa shape index (κ3) is 5.38. The minimum atomic E-state index is -3.49. The van der Waals surface area contributed by atoms with Gasteiger partial charge in [0.1, 0.15) is 5.82 Å². The number of carbonyl (C=O) groups excluding carboxylic acids is 1. The molecule has 0 bridgehead atoms. The first kappa shape index (κ1) is 22.9. The van der Waals surface area contributed by atoms with Gasteiger partial charge in [0.15, 0.2) is 0 Å². The number of aryl methyl sites for hydroxylation is 2. The van der Waals surface area contributed by atoms with Crippen molar-refractivity contribution < 1.29 is 17.6 Å². The molecule has 172 valence electrons. The zero-order valence-electron chi connectivity index (χ0n) is 18.5. The fraction of sp³-hybridized carbons (Fsp3) is 0.480. The highest BCUT2D eigenvalue weighted by Gasteiger charge is 2.31. The summed E-state index contributed by atoms with van der Waals surface area (Å²) in [6.07, 6.45) is 5.72. The molecule has 0 saturated carbocycles. The lowest BCUT2D eigenvalue weighted by atomic mass is 9.89. The molecule has 1 aliphatic carbocycles. The van der Waals surface area contributed by atoms with Gasteiger partial charge in [0, 0.05) is 19.0 Å². The van der Waals surface area contributed by atoms with Crippen molar-refractivity contribution in [2.45, 2.75) is 57.2 Å². The molecule has 2 aliphatic rings. The van der Waals surface area contributed by atoms with Gasteiger partial charge in [0.05, 0.1) is 11.8 Å². The Balaban J connectivity index is 1.30. The molecule has 0 aromatic heterocycles. The minimum absolute atomic E-state index is 0.00852. The fourth-order valence-electron chi connectivity index (χ4n) is 4.72. The highest BCUT2D eigenvalue weighted by molar-refractivity contribution is 7.88. The molecule has 2 aromatic carbocycles. The van der Waals surface area contributed by atoms with E-state index in [0.29, 0.717) is 31.5 Å². The number of rotatable bonds is 6. The van der Waals surface area contributed by atoms with Crippen LogP contribution in [0, 0.1) is 11.7 Å². The number of carbonyl (C=O) groups is 1. The van der Waals surface area contributed by atoms with Crippen LogP contribution in [0.4, 0.5) is 4.39 Å². The highest BCUT2D eigenvalue weighted by atomic mass is 32.2. The molecular weight excluding hydrogens is 427 g/mol. The summed E-state index contributed by atoms with van der Waals surface area (Å²) in [6.45, 7) is 2.66. The molecule has 1 saturated heterocycles. The lowest BCUT2D eigenvalue weighted by molar-refractivity contribution is -0.126. The number of nitrogens with one attached hydrogen (secondary N) is 1. The summed E-state index contributed by atoms with van der Waals surface area (Å²) in [4.78, 5) is 12.8. The lowest BCUT2D eigenvalue weighted by Crippen LogP contribution is -2.43. The third-order valence-corrected chi connectivity index (χ3v) is 8.56. The standard InChI is InChI=1S/C25H31FN2O3S/c1-18(22-9-8-20-4-2-3-5-23(20)16-22)27-25(29)21-12-14-28(15-13-21)32(30,31)17-19-6-10-24(26)11-7-19/h6-11,16,18,21H,2-5,12-15,17H2,1H3,(H,27,29). The van der Waals surface area contributed by atoms with E-state index in [4.69, 9.17) is 0 Å². The quantitative estimate of drug-likeness (QED) is 0.708. The number of piperidine rings is 1. The molecule has 1 atom stereocenters. The molecular formula is C25H31FN2O3S. The zero-order valence-corrected chi connectivity index (χ0v) is 19.3. The molecule has 4 rings (SSSR count). The van der Waals surface area contributed by atoms with E-state index in [9.17, 15) is 17.6 Å². The Morgan fingerprint density at radius 1 is 1.06 bits per heavy atom. The van der Waals surface area contributed by atoms with Gasteiger partial charge in [0.25, 0.3) is 0 Å². The van der Waals surface area contributed by atoms with Crippen LogP contribution in [0.15, 0.2) is 42.5 Å². The Kier molecular flexibility index (Phi) is 6.96. The largest absolute Gasteiger partial charge is 0.349 e. The molecule has 2 aromatic rings. The van der Waals surface area contributed by atoms with E-state index in [-0.39, 0.29) is 29.4 Å². The molecule has 7 heteroatoms. The number of nitrogens with zero attached hydrogens (tertiary/aromatic N) is 1. The maximum atomic E-state index is 13.1. The van der Waals surface area contributed by atoms with Crippen molar-refractivity contribution in [3.8, 4) is 0 Å². The molecule has 1 fully saturated rings. The van der Waals surface area contributed by atoms with Crippen LogP contribution in [0.2, 0.25) is 0 Å². The zero-order chi connectivity index (χ0) is 22.7. The molecule has 1 heterocycles. The summed E-state index contributed by atoms with van der Waals surface area (Å²) >= 11 is 0. The first-order valence-electron chi connectivity index (χ1n) is 11.5. The molecule has 1 unspecified atom stereocenters. The first-order valence-corrected chi connectivity index (χ1v) is 13.1. The van der Waals surface area contributed by atoms with E-state index in [1.807, 2.05) is 6.92 Å². The van der Waals surface area contributed by atoms with E-state index in [1.54, 1.807) is 0 Å². The van der Waals surface area contributed by atoms with Gasteiger partial charge in [0.2, 0.25) is 15.9 Å². The second-order valence-corrected chi connectivity index (χ2v) is 11.0. The molecule has 32 heavy (non-hydrogen) atoms. The summed E-state index contributed by atoms with van der Waals surface area (Å²) < 4.78 is 40.0. The average molecular weight is 459 g/mol. The van der Waals surface area contributed by atoms with Crippen LogP contribution in [0.25, 0.3) is 0 Å². The van der Waals surface area contributed by atoms with Crippen LogP contribution in [-0.4, -0.2) is 31.7 Å². The van der Waals surface area contributed by atoms with Crippen molar-refractivity contribution in [2.75, 3.05) is 13.1 Å².